The van der Waals surface area contributed by atoms with E-state index in [0.717, 1.165) is 5.56 Å². The van der Waals surface area contributed by atoms with Crippen molar-refractivity contribution in [1.29, 1.82) is 5.26 Å². The van der Waals surface area contributed by atoms with Crippen LogP contribution in [0.1, 0.15) is 24.1 Å². The minimum absolute atomic E-state index is 0.316. The molecule has 156 valence electrons. The molecule has 0 saturated heterocycles. The normalized spacial score (nSPS) is 14.8. The zero-order chi connectivity index (χ0) is 22.0. The van der Waals surface area contributed by atoms with Crippen molar-refractivity contribution in [3.63, 3.8) is 0 Å². The van der Waals surface area contributed by atoms with E-state index in [2.05, 4.69) is 26.8 Å². The number of allylic oxidation sites excluding steroid dienone is 1. The molecule has 0 aliphatic carbocycles. The first-order valence-electron chi connectivity index (χ1n) is 9.46. The summed E-state index contributed by atoms with van der Waals surface area (Å²) in [4.78, 5) is 17.7. The summed E-state index contributed by atoms with van der Waals surface area (Å²) >= 11 is 0. The summed E-state index contributed by atoms with van der Waals surface area (Å²) in [7, 11) is 3.09. The van der Waals surface area contributed by atoms with Crippen molar-refractivity contribution in [2.75, 3.05) is 24.9 Å². The SMILES string of the molecule is COc1ccc(NC(=O)C2=C(C)Nc3ncnn3[C@H]2c2ccc(C#N)cc2)c(OC)c1. The second kappa shape index (κ2) is 8.20. The maximum Gasteiger partial charge on any atom is 0.255 e. The molecule has 0 bridgehead atoms. The fourth-order valence-electron chi connectivity index (χ4n) is 3.52. The highest BCUT2D eigenvalue weighted by atomic mass is 16.5. The van der Waals surface area contributed by atoms with Gasteiger partial charge < -0.3 is 20.1 Å². The van der Waals surface area contributed by atoms with Crippen LogP contribution < -0.4 is 20.1 Å². The average molecular weight is 416 g/mol. The minimum Gasteiger partial charge on any atom is -0.497 e. The maximum atomic E-state index is 13.4. The topological polar surface area (TPSA) is 114 Å². The third kappa shape index (κ3) is 3.67. The Hall–Kier alpha value is -4.32. The molecule has 1 amide bonds. The van der Waals surface area contributed by atoms with Crippen LogP contribution in [0.25, 0.3) is 0 Å². The van der Waals surface area contributed by atoms with Gasteiger partial charge in [-0.3, -0.25) is 4.79 Å². The second-order valence-electron chi connectivity index (χ2n) is 6.85. The van der Waals surface area contributed by atoms with E-state index >= 15 is 0 Å². The lowest BCUT2D eigenvalue weighted by atomic mass is 9.94. The summed E-state index contributed by atoms with van der Waals surface area (Å²) in [5, 5.41) is 19.5. The second-order valence-corrected chi connectivity index (χ2v) is 6.85. The number of ether oxygens (including phenoxy) is 2. The third-order valence-electron chi connectivity index (χ3n) is 5.05. The van der Waals surface area contributed by atoms with E-state index in [0.29, 0.717) is 40.0 Å². The Morgan fingerprint density at radius 2 is 1.97 bits per heavy atom. The third-order valence-corrected chi connectivity index (χ3v) is 5.05. The Morgan fingerprint density at radius 3 is 2.65 bits per heavy atom. The van der Waals surface area contributed by atoms with Crippen molar-refractivity contribution in [2.45, 2.75) is 13.0 Å². The Bertz CT molecular complexity index is 1210. The van der Waals surface area contributed by atoms with E-state index in [1.807, 2.05) is 19.1 Å². The van der Waals surface area contributed by atoms with E-state index in [4.69, 9.17) is 14.7 Å². The van der Waals surface area contributed by atoms with E-state index in [1.54, 1.807) is 42.1 Å². The van der Waals surface area contributed by atoms with Crippen molar-refractivity contribution in [3.8, 4) is 17.6 Å². The maximum absolute atomic E-state index is 13.4. The van der Waals surface area contributed by atoms with Crippen molar-refractivity contribution in [1.82, 2.24) is 14.8 Å². The summed E-state index contributed by atoms with van der Waals surface area (Å²) < 4.78 is 12.3. The van der Waals surface area contributed by atoms with Crippen LogP contribution in [0.5, 0.6) is 11.5 Å². The summed E-state index contributed by atoms with van der Waals surface area (Å²) in [6.07, 6.45) is 1.43. The summed E-state index contributed by atoms with van der Waals surface area (Å²) in [6, 6.07) is 13.8. The standard InChI is InChI=1S/C22H20N6O3/c1-13-19(21(29)27-17-9-8-16(30-2)10-18(17)31-3)20(28-22(26-13)24-12-25-28)15-6-4-14(11-23)5-7-15/h4-10,12,20H,1-3H3,(H,27,29)(H,24,25,26)/t20-/m0/s1. The summed E-state index contributed by atoms with van der Waals surface area (Å²) in [5.41, 5.74) is 2.97. The first-order chi connectivity index (χ1) is 15.0. The number of nitrogens with zero attached hydrogens (tertiary/aromatic N) is 4. The van der Waals surface area contributed by atoms with Gasteiger partial charge >= 0.3 is 0 Å². The number of methoxy groups -OCH3 is 2. The lowest BCUT2D eigenvalue weighted by Gasteiger charge is -2.29. The van der Waals surface area contributed by atoms with Crippen LogP contribution in [0.4, 0.5) is 11.6 Å². The molecule has 1 atom stereocenters. The van der Waals surface area contributed by atoms with Crippen molar-refractivity contribution in [2.24, 2.45) is 0 Å². The number of hydrogen-bond acceptors (Lipinski definition) is 7. The van der Waals surface area contributed by atoms with Gasteiger partial charge in [-0.2, -0.15) is 15.3 Å². The molecule has 1 aliphatic heterocycles. The first kappa shape index (κ1) is 20.0. The number of nitriles is 1. The quantitative estimate of drug-likeness (QED) is 0.657. The number of amides is 1. The lowest BCUT2D eigenvalue weighted by Crippen LogP contribution is -2.31. The molecule has 31 heavy (non-hydrogen) atoms. The number of aromatic nitrogens is 3. The molecule has 0 spiro atoms. The molecule has 1 aliphatic rings. The predicted octanol–water partition coefficient (Wildman–Crippen LogP) is 3.09. The highest BCUT2D eigenvalue weighted by Gasteiger charge is 2.33. The van der Waals surface area contributed by atoms with Gasteiger partial charge in [0.15, 0.2) is 0 Å². The van der Waals surface area contributed by atoms with Crippen molar-refractivity contribution >= 4 is 17.5 Å². The number of nitrogens with one attached hydrogen (secondary N) is 2. The van der Waals surface area contributed by atoms with Gasteiger partial charge in [0.05, 0.1) is 37.1 Å². The largest absolute Gasteiger partial charge is 0.497 e. The number of rotatable bonds is 5. The number of carbonyl (C=O) groups is 1. The van der Waals surface area contributed by atoms with Gasteiger partial charge in [0.1, 0.15) is 23.9 Å². The van der Waals surface area contributed by atoms with E-state index in [-0.39, 0.29) is 5.91 Å². The van der Waals surface area contributed by atoms with Crippen LogP contribution in [0.2, 0.25) is 0 Å². The van der Waals surface area contributed by atoms with Crippen LogP contribution >= 0.6 is 0 Å². The van der Waals surface area contributed by atoms with Gasteiger partial charge in [-0.25, -0.2) is 4.68 Å². The van der Waals surface area contributed by atoms with Crippen LogP contribution in [0.15, 0.2) is 60.1 Å². The van der Waals surface area contributed by atoms with E-state index in [9.17, 15) is 4.79 Å². The molecule has 0 unspecified atom stereocenters. The van der Waals surface area contributed by atoms with Gasteiger partial charge in [-0.15, -0.1) is 0 Å². The van der Waals surface area contributed by atoms with E-state index < -0.39 is 6.04 Å². The molecule has 4 rings (SSSR count). The first-order valence-corrected chi connectivity index (χ1v) is 9.46. The van der Waals surface area contributed by atoms with Gasteiger partial charge in [-0.05, 0) is 36.8 Å². The number of benzene rings is 2. The predicted molar refractivity (Wildman–Crippen MR) is 114 cm³/mol. The zero-order valence-electron chi connectivity index (χ0n) is 17.2. The minimum atomic E-state index is -0.518. The monoisotopic (exact) mass is 416 g/mol. The average Bonchev–Trinajstić information content (AvgIpc) is 3.26. The molecule has 2 aromatic carbocycles. The number of fused-ring (bicyclic) bond motifs is 1. The Morgan fingerprint density at radius 1 is 1.19 bits per heavy atom. The fourth-order valence-corrected chi connectivity index (χ4v) is 3.52. The molecule has 2 heterocycles. The highest BCUT2D eigenvalue weighted by molar-refractivity contribution is 6.06. The Labute approximate surface area is 178 Å². The van der Waals surface area contributed by atoms with Gasteiger partial charge in [-0.1, -0.05) is 12.1 Å². The Kier molecular flexibility index (Phi) is 5.28. The van der Waals surface area contributed by atoms with Crippen LogP contribution in [-0.4, -0.2) is 34.9 Å². The molecule has 9 heteroatoms. The zero-order valence-corrected chi connectivity index (χ0v) is 17.2. The molecule has 1 aromatic heterocycles. The molecule has 9 nitrogen and oxygen atoms in total. The number of hydrogen-bond donors (Lipinski definition) is 2. The molecule has 0 saturated carbocycles. The van der Waals surface area contributed by atoms with Crippen molar-refractivity contribution < 1.29 is 14.3 Å². The summed E-state index contributed by atoms with van der Waals surface area (Å²) in [5.74, 6) is 1.31. The van der Waals surface area contributed by atoms with Crippen LogP contribution in [0, 0.1) is 11.3 Å². The number of anilines is 2. The highest BCUT2D eigenvalue weighted by Crippen LogP contribution is 2.36. The molecular weight excluding hydrogens is 396 g/mol. The van der Waals surface area contributed by atoms with Crippen LogP contribution in [0.3, 0.4) is 0 Å². The van der Waals surface area contributed by atoms with E-state index in [1.165, 1.54) is 13.4 Å². The molecule has 3 aromatic rings. The smallest absolute Gasteiger partial charge is 0.255 e. The molecule has 2 N–H and O–H groups in total. The Balaban J connectivity index is 1.74. The lowest BCUT2D eigenvalue weighted by molar-refractivity contribution is -0.113. The van der Waals surface area contributed by atoms with Crippen molar-refractivity contribution in [3.05, 3.63) is 71.2 Å². The van der Waals surface area contributed by atoms with Gasteiger partial charge in [0.25, 0.3) is 5.91 Å². The molecular formula is C22H20N6O3. The molecule has 0 fully saturated rings. The summed E-state index contributed by atoms with van der Waals surface area (Å²) in [6.45, 7) is 1.81. The van der Waals surface area contributed by atoms with Crippen LogP contribution in [-0.2, 0) is 4.79 Å². The molecule has 0 radical (unpaired) electrons. The number of carbonyl (C=O) groups excluding carboxylic acids is 1. The van der Waals surface area contributed by atoms with Gasteiger partial charge in [0.2, 0.25) is 5.95 Å². The van der Waals surface area contributed by atoms with Gasteiger partial charge in [0, 0.05) is 11.8 Å². The fraction of sp³-hybridized carbons (Fsp3) is 0.182.